The number of hydroxylamine groups is 2. The molecule has 1 saturated carbocycles. The molecule has 35 heavy (non-hydrogen) atoms. The Balaban J connectivity index is 1.24. The van der Waals surface area contributed by atoms with Gasteiger partial charge in [-0.2, -0.15) is 10.5 Å². The van der Waals surface area contributed by atoms with Crippen LogP contribution in [0.1, 0.15) is 54.8 Å². The van der Waals surface area contributed by atoms with Crippen LogP contribution in [0.4, 0.5) is 8.78 Å². The molecule has 178 valence electrons. The highest BCUT2D eigenvalue weighted by molar-refractivity contribution is 5.82. The van der Waals surface area contributed by atoms with E-state index in [9.17, 15) is 13.6 Å². The number of nitriles is 2. The maximum Gasteiger partial charge on any atom is 0.249 e. The third kappa shape index (κ3) is 4.50. The summed E-state index contributed by atoms with van der Waals surface area (Å²) in [6, 6.07) is 12.4. The molecular formula is C27H24F2N4O2. The number of amides is 1. The Labute approximate surface area is 201 Å². The SMILES string of the molecule is N#Cc1cc(F)cc([C@@H]2CCON2C(=O)C2CCC(Cn3ccc4c(F)cc(C#N)cc43)CC2)c1. The largest absolute Gasteiger partial charge is 0.347 e. The Bertz CT molecular complexity index is 1360. The maximum atomic E-state index is 14.3. The molecule has 1 aliphatic carbocycles. The van der Waals surface area contributed by atoms with Crippen LogP contribution in [0.5, 0.6) is 0 Å². The lowest BCUT2D eigenvalue weighted by atomic mass is 9.81. The smallest absolute Gasteiger partial charge is 0.249 e. The Morgan fingerprint density at radius 1 is 1.00 bits per heavy atom. The number of hydrogen-bond acceptors (Lipinski definition) is 4. The van der Waals surface area contributed by atoms with E-state index in [0.717, 1.165) is 12.8 Å². The number of fused-ring (bicyclic) bond motifs is 1. The summed E-state index contributed by atoms with van der Waals surface area (Å²) in [5.74, 6) is -0.841. The van der Waals surface area contributed by atoms with Gasteiger partial charge in [-0.3, -0.25) is 9.63 Å². The van der Waals surface area contributed by atoms with Gasteiger partial charge in [0.2, 0.25) is 5.91 Å². The quantitative estimate of drug-likeness (QED) is 0.509. The minimum absolute atomic E-state index is 0.0964. The highest BCUT2D eigenvalue weighted by Crippen LogP contribution is 2.37. The zero-order chi connectivity index (χ0) is 24.5. The Morgan fingerprint density at radius 3 is 2.49 bits per heavy atom. The lowest BCUT2D eigenvalue weighted by Crippen LogP contribution is -2.37. The van der Waals surface area contributed by atoms with Gasteiger partial charge in [0.25, 0.3) is 0 Å². The molecule has 1 saturated heterocycles. The molecule has 1 atom stereocenters. The fraction of sp³-hybridized carbons (Fsp3) is 0.370. The van der Waals surface area contributed by atoms with Crippen molar-refractivity contribution in [1.82, 2.24) is 9.63 Å². The number of aromatic nitrogens is 1. The molecule has 1 aliphatic heterocycles. The molecule has 8 heteroatoms. The average molecular weight is 475 g/mol. The summed E-state index contributed by atoms with van der Waals surface area (Å²) >= 11 is 0. The lowest BCUT2D eigenvalue weighted by molar-refractivity contribution is -0.183. The van der Waals surface area contributed by atoms with E-state index in [4.69, 9.17) is 15.4 Å². The van der Waals surface area contributed by atoms with Crippen molar-refractivity contribution in [2.24, 2.45) is 11.8 Å². The van der Waals surface area contributed by atoms with Crippen LogP contribution < -0.4 is 0 Å². The highest BCUT2D eigenvalue weighted by Gasteiger charge is 2.37. The number of rotatable bonds is 4. The number of halogens is 2. The van der Waals surface area contributed by atoms with Crippen molar-refractivity contribution in [2.75, 3.05) is 6.61 Å². The Kier molecular flexibility index (Phi) is 6.23. The van der Waals surface area contributed by atoms with Crippen LogP contribution in [0.15, 0.2) is 42.6 Å². The van der Waals surface area contributed by atoms with Gasteiger partial charge < -0.3 is 4.57 Å². The van der Waals surface area contributed by atoms with Gasteiger partial charge in [0.15, 0.2) is 0 Å². The predicted molar refractivity (Wildman–Crippen MR) is 123 cm³/mol. The molecule has 1 aromatic heterocycles. The van der Waals surface area contributed by atoms with Crippen molar-refractivity contribution >= 4 is 16.8 Å². The Hall–Kier alpha value is -3.75. The third-order valence-electron chi connectivity index (χ3n) is 7.17. The molecule has 2 heterocycles. The van der Waals surface area contributed by atoms with Gasteiger partial charge in [0, 0.05) is 30.5 Å². The number of hydrogen-bond donors (Lipinski definition) is 0. The van der Waals surface area contributed by atoms with Crippen LogP contribution in [0, 0.1) is 46.1 Å². The normalized spacial score (nSPS) is 22.2. The predicted octanol–water partition coefficient (Wildman–Crippen LogP) is 5.37. The van der Waals surface area contributed by atoms with Gasteiger partial charge in [-0.25, -0.2) is 13.8 Å². The molecule has 2 fully saturated rings. The molecule has 0 spiro atoms. The standard InChI is InChI=1S/C27H24F2N4O2/c28-22-10-18(14-30)9-21(13-22)25-6-8-35-33(25)27(34)20-3-1-17(2-4-20)16-32-7-5-23-24(29)11-19(15-31)12-26(23)32/h5,7,9-13,17,20,25H,1-4,6,8,16H2/t17?,20?,25-/m0/s1. The molecule has 5 rings (SSSR count). The summed E-state index contributed by atoms with van der Waals surface area (Å²) in [7, 11) is 0. The second-order valence-corrected chi connectivity index (χ2v) is 9.38. The van der Waals surface area contributed by atoms with E-state index in [1.54, 1.807) is 18.2 Å². The fourth-order valence-electron chi connectivity index (χ4n) is 5.38. The molecule has 0 unspecified atom stereocenters. The number of carbonyl (C=O) groups is 1. The van der Waals surface area contributed by atoms with Crippen molar-refractivity contribution in [3.8, 4) is 12.1 Å². The van der Waals surface area contributed by atoms with E-state index < -0.39 is 17.7 Å². The molecule has 1 amide bonds. The second-order valence-electron chi connectivity index (χ2n) is 9.38. The summed E-state index contributed by atoms with van der Waals surface area (Å²) in [5.41, 5.74) is 1.80. The number of nitrogens with zero attached hydrogens (tertiary/aromatic N) is 4. The topological polar surface area (TPSA) is 82.0 Å². The first kappa shape index (κ1) is 23.0. The second kappa shape index (κ2) is 9.48. The molecule has 2 aromatic carbocycles. The summed E-state index contributed by atoms with van der Waals surface area (Å²) in [5, 5.41) is 20.2. The molecule has 6 nitrogen and oxygen atoms in total. The van der Waals surface area contributed by atoms with Crippen molar-refractivity contribution in [3.63, 3.8) is 0 Å². The molecule has 0 bridgehead atoms. The molecule has 3 aromatic rings. The van der Waals surface area contributed by atoms with Crippen molar-refractivity contribution in [2.45, 2.75) is 44.7 Å². The molecule has 2 aliphatic rings. The maximum absolute atomic E-state index is 14.3. The van der Waals surface area contributed by atoms with Crippen LogP contribution in [-0.4, -0.2) is 22.1 Å². The van der Waals surface area contributed by atoms with Crippen molar-refractivity contribution < 1.29 is 18.4 Å². The van der Waals surface area contributed by atoms with Gasteiger partial charge in [-0.1, -0.05) is 0 Å². The first-order valence-corrected chi connectivity index (χ1v) is 11.8. The molecule has 0 N–H and O–H groups in total. The van der Waals surface area contributed by atoms with Gasteiger partial charge in [0.05, 0.1) is 41.4 Å². The summed E-state index contributed by atoms with van der Waals surface area (Å²) in [4.78, 5) is 18.9. The van der Waals surface area contributed by atoms with Crippen LogP contribution in [0.25, 0.3) is 10.9 Å². The van der Waals surface area contributed by atoms with E-state index in [1.165, 1.54) is 23.3 Å². The lowest BCUT2D eigenvalue weighted by Gasteiger charge is -2.32. The minimum atomic E-state index is -0.502. The van der Waals surface area contributed by atoms with Gasteiger partial charge >= 0.3 is 0 Å². The van der Waals surface area contributed by atoms with Crippen molar-refractivity contribution in [1.29, 1.82) is 10.5 Å². The molecular weight excluding hydrogens is 450 g/mol. The van der Waals surface area contributed by atoms with E-state index in [2.05, 4.69) is 0 Å². The van der Waals surface area contributed by atoms with Crippen molar-refractivity contribution in [3.05, 3.63) is 70.9 Å². The average Bonchev–Trinajstić information content (AvgIpc) is 3.51. The van der Waals surface area contributed by atoms with E-state index in [0.29, 0.717) is 60.4 Å². The van der Waals surface area contributed by atoms with Gasteiger partial charge in [-0.05, 0) is 73.6 Å². The van der Waals surface area contributed by atoms with Crippen LogP contribution in [0.2, 0.25) is 0 Å². The third-order valence-corrected chi connectivity index (χ3v) is 7.17. The number of carbonyl (C=O) groups excluding carboxylic acids is 1. The van der Waals surface area contributed by atoms with Crippen LogP contribution in [-0.2, 0) is 16.2 Å². The van der Waals surface area contributed by atoms with E-state index >= 15 is 0 Å². The zero-order valence-corrected chi connectivity index (χ0v) is 19.1. The zero-order valence-electron chi connectivity index (χ0n) is 19.1. The highest BCUT2D eigenvalue weighted by atomic mass is 19.1. The summed E-state index contributed by atoms with van der Waals surface area (Å²) < 4.78 is 30.2. The summed E-state index contributed by atoms with van der Waals surface area (Å²) in [6.45, 7) is 1.06. The molecule has 0 radical (unpaired) electrons. The van der Waals surface area contributed by atoms with Crippen LogP contribution >= 0.6 is 0 Å². The van der Waals surface area contributed by atoms with Crippen LogP contribution in [0.3, 0.4) is 0 Å². The van der Waals surface area contributed by atoms with Gasteiger partial charge in [0.1, 0.15) is 11.6 Å². The monoisotopic (exact) mass is 474 g/mol. The van der Waals surface area contributed by atoms with E-state index in [-0.39, 0.29) is 17.4 Å². The first-order valence-electron chi connectivity index (χ1n) is 11.8. The van der Waals surface area contributed by atoms with E-state index in [1.807, 2.05) is 22.9 Å². The fourth-order valence-corrected chi connectivity index (χ4v) is 5.38. The first-order chi connectivity index (χ1) is 17.0. The summed E-state index contributed by atoms with van der Waals surface area (Å²) in [6.07, 6.45) is 5.50. The minimum Gasteiger partial charge on any atom is -0.347 e. The Morgan fingerprint density at radius 2 is 1.74 bits per heavy atom. The number of benzene rings is 2. The van der Waals surface area contributed by atoms with Gasteiger partial charge in [-0.15, -0.1) is 0 Å².